The summed E-state index contributed by atoms with van der Waals surface area (Å²) in [7, 11) is 0. The summed E-state index contributed by atoms with van der Waals surface area (Å²) in [4.78, 5) is 20.7. The average molecular weight is 261 g/mol. The number of aliphatic carboxylic acids is 1. The maximum absolute atomic E-state index is 12.0. The summed E-state index contributed by atoms with van der Waals surface area (Å²) < 4.78 is 27.9. The standard InChI is InChI=1S/C10H9F2NO5/c1-5(9(14)15)7-3-2-6(18-10(11)12)4-8(7)13(16)17/h2-5,10H,1H3,(H,14,15). The van der Waals surface area contributed by atoms with Gasteiger partial charge in [-0.25, -0.2) is 0 Å². The van der Waals surface area contributed by atoms with Gasteiger partial charge in [-0.05, 0) is 19.1 Å². The first-order valence-electron chi connectivity index (χ1n) is 4.79. The van der Waals surface area contributed by atoms with E-state index in [2.05, 4.69) is 4.74 Å². The van der Waals surface area contributed by atoms with Crippen LogP contribution in [0, 0.1) is 10.1 Å². The lowest BCUT2D eigenvalue weighted by Gasteiger charge is -2.09. The smallest absolute Gasteiger partial charge is 0.387 e. The van der Waals surface area contributed by atoms with Gasteiger partial charge in [-0.1, -0.05) is 0 Å². The van der Waals surface area contributed by atoms with E-state index < -0.39 is 34.9 Å². The van der Waals surface area contributed by atoms with Gasteiger partial charge < -0.3 is 9.84 Å². The van der Waals surface area contributed by atoms with E-state index in [0.717, 1.165) is 18.2 Å². The Morgan fingerprint density at radius 2 is 2.11 bits per heavy atom. The van der Waals surface area contributed by atoms with Crippen LogP contribution in [-0.2, 0) is 4.79 Å². The van der Waals surface area contributed by atoms with Gasteiger partial charge in [-0.2, -0.15) is 8.78 Å². The van der Waals surface area contributed by atoms with Crippen molar-refractivity contribution in [2.75, 3.05) is 0 Å². The molecule has 8 heteroatoms. The second-order valence-corrected chi connectivity index (χ2v) is 3.42. The van der Waals surface area contributed by atoms with Crippen molar-refractivity contribution >= 4 is 11.7 Å². The molecule has 1 aromatic carbocycles. The Balaban J connectivity index is 3.20. The van der Waals surface area contributed by atoms with Crippen LogP contribution in [0.1, 0.15) is 18.4 Å². The van der Waals surface area contributed by atoms with Crippen molar-refractivity contribution in [3.63, 3.8) is 0 Å². The van der Waals surface area contributed by atoms with Crippen LogP contribution in [0.5, 0.6) is 5.75 Å². The van der Waals surface area contributed by atoms with Gasteiger partial charge in [0.15, 0.2) is 0 Å². The van der Waals surface area contributed by atoms with E-state index in [9.17, 15) is 23.7 Å². The molecule has 1 rings (SSSR count). The summed E-state index contributed by atoms with van der Waals surface area (Å²) in [5.41, 5.74) is -0.642. The fourth-order valence-corrected chi connectivity index (χ4v) is 1.36. The van der Waals surface area contributed by atoms with Crippen LogP contribution < -0.4 is 4.74 Å². The molecule has 0 saturated heterocycles. The first-order valence-corrected chi connectivity index (χ1v) is 4.79. The Hall–Kier alpha value is -2.25. The summed E-state index contributed by atoms with van der Waals surface area (Å²) in [5.74, 6) is -2.76. The number of hydrogen-bond donors (Lipinski definition) is 1. The molecule has 0 aliphatic heterocycles. The predicted molar refractivity (Wildman–Crippen MR) is 55.8 cm³/mol. The molecule has 0 aliphatic rings. The number of carboxylic acid groups (broad SMARTS) is 1. The molecule has 1 unspecified atom stereocenters. The third-order valence-electron chi connectivity index (χ3n) is 2.26. The van der Waals surface area contributed by atoms with E-state index in [1.165, 1.54) is 6.92 Å². The number of hydrogen-bond acceptors (Lipinski definition) is 4. The van der Waals surface area contributed by atoms with E-state index >= 15 is 0 Å². The third-order valence-corrected chi connectivity index (χ3v) is 2.26. The molecule has 0 heterocycles. The van der Waals surface area contributed by atoms with Crippen LogP contribution >= 0.6 is 0 Å². The topological polar surface area (TPSA) is 89.7 Å². The SMILES string of the molecule is CC(C(=O)O)c1ccc(OC(F)F)cc1[N+](=O)[O-]. The van der Waals surface area contributed by atoms with Crippen molar-refractivity contribution in [1.82, 2.24) is 0 Å². The van der Waals surface area contributed by atoms with Crippen molar-refractivity contribution < 1.29 is 28.3 Å². The quantitative estimate of drug-likeness (QED) is 0.649. The Morgan fingerprint density at radius 3 is 2.56 bits per heavy atom. The summed E-state index contributed by atoms with van der Waals surface area (Å²) in [6.07, 6.45) is 0. The van der Waals surface area contributed by atoms with Crippen LogP contribution in [0.25, 0.3) is 0 Å². The van der Waals surface area contributed by atoms with Gasteiger partial charge >= 0.3 is 12.6 Å². The zero-order chi connectivity index (χ0) is 13.9. The van der Waals surface area contributed by atoms with E-state index in [1.807, 2.05) is 0 Å². The minimum absolute atomic E-state index is 0.0749. The highest BCUT2D eigenvalue weighted by Crippen LogP contribution is 2.31. The second kappa shape index (κ2) is 5.39. The number of nitro benzene ring substituents is 1. The van der Waals surface area contributed by atoms with Crippen molar-refractivity contribution in [2.45, 2.75) is 19.5 Å². The highest BCUT2D eigenvalue weighted by molar-refractivity contribution is 5.77. The Kier molecular flexibility index (Phi) is 4.13. The van der Waals surface area contributed by atoms with Crippen LogP contribution in [0.15, 0.2) is 18.2 Å². The van der Waals surface area contributed by atoms with Gasteiger partial charge in [0.05, 0.1) is 16.9 Å². The number of rotatable bonds is 5. The summed E-state index contributed by atoms with van der Waals surface area (Å²) >= 11 is 0. The fraction of sp³-hybridized carbons (Fsp3) is 0.300. The number of benzene rings is 1. The highest BCUT2D eigenvalue weighted by Gasteiger charge is 2.25. The lowest BCUT2D eigenvalue weighted by atomic mass is 9.99. The monoisotopic (exact) mass is 261 g/mol. The molecule has 1 N–H and O–H groups in total. The van der Waals surface area contributed by atoms with E-state index in [-0.39, 0.29) is 5.56 Å². The zero-order valence-corrected chi connectivity index (χ0v) is 9.17. The minimum atomic E-state index is -3.10. The molecule has 98 valence electrons. The molecule has 0 aliphatic carbocycles. The second-order valence-electron chi connectivity index (χ2n) is 3.42. The largest absolute Gasteiger partial charge is 0.481 e. The molecular formula is C10H9F2NO5. The van der Waals surface area contributed by atoms with Crippen molar-refractivity contribution in [1.29, 1.82) is 0 Å². The van der Waals surface area contributed by atoms with Gasteiger partial charge in [-0.3, -0.25) is 14.9 Å². The number of alkyl halides is 2. The summed E-state index contributed by atoms with van der Waals surface area (Å²) in [6, 6.07) is 2.93. The number of nitro groups is 1. The lowest BCUT2D eigenvalue weighted by Crippen LogP contribution is -2.10. The van der Waals surface area contributed by atoms with Crippen LogP contribution in [0.4, 0.5) is 14.5 Å². The molecule has 0 bridgehead atoms. The number of halogens is 2. The first-order chi connectivity index (χ1) is 8.32. The summed E-state index contributed by atoms with van der Waals surface area (Å²) in [5, 5.41) is 19.5. The molecule has 18 heavy (non-hydrogen) atoms. The molecule has 0 fully saturated rings. The summed E-state index contributed by atoms with van der Waals surface area (Å²) in [6.45, 7) is -1.84. The van der Waals surface area contributed by atoms with Gasteiger partial charge in [0, 0.05) is 5.56 Å². The van der Waals surface area contributed by atoms with Crippen LogP contribution in [0.3, 0.4) is 0 Å². The molecule has 0 amide bonds. The minimum Gasteiger partial charge on any atom is -0.481 e. The maximum Gasteiger partial charge on any atom is 0.387 e. The Bertz CT molecular complexity index is 477. The number of ether oxygens (including phenoxy) is 1. The highest BCUT2D eigenvalue weighted by atomic mass is 19.3. The Morgan fingerprint density at radius 1 is 1.50 bits per heavy atom. The number of carboxylic acids is 1. The van der Waals surface area contributed by atoms with Crippen LogP contribution in [-0.4, -0.2) is 22.6 Å². The van der Waals surface area contributed by atoms with Gasteiger partial charge in [0.1, 0.15) is 5.75 Å². The number of carbonyl (C=O) groups is 1. The van der Waals surface area contributed by atoms with Crippen molar-refractivity contribution in [3.8, 4) is 5.75 Å². The van der Waals surface area contributed by atoms with E-state index in [4.69, 9.17) is 5.11 Å². The predicted octanol–water partition coefficient (Wildman–Crippen LogP) is 2.38. The molecule has 1 atom stereocenters. The van der Waals surface area contributed by atoms with Gasteiger partial charge in [0.25, 0.3) is 5.69 Å². The van der Waals surface area contributed by atoms with Gasteiger partial charge in [0.2, 0.25) is 0 Å². The zero-order valence-electron chi connectivity index (χ0n) is 9.17. The van der Waals surface area contributed by atoms with Gasteiger partial charge in [-0.15, -0.1) is 0 Å². The maximum atomic E-state index is 12.0. The molecule has 6 nitrogen and oxygen atoms in total. The molecule has 0 saturated carbocycles. The van der Waals surface area contributed by atoms with Crippen LogP contribution in [0.2, 0.25) is 0 Å². The van der Waals surface area contributed by atoms with E-state index in [1.54, 1.807) is 0 Å². The van der Waals surface area contributed by atoms with Crippen molar-refractivity contribution in [2.24, 2.45) is 0 Å². The van der Waals surface area contributed by atoms with Crippen molar-refractivity contribution in [3.05, 3.63) is 33.9 Å². The lowest BCUT2D eigenvalue weighted by molar-refractivity contribution is -0.385. The first kappa shape index (κ1) is 13.8. The molecular weight excluding hydrogens is 252 g/mol. The molecule has 1 aromatic rings. The molecule has 0 aromatic heterocycles. The normalized spacial score (nSPS) is 12.2. The average Bonchev–Trinajstić information content (AvgIpc) is 2.26. The molecule has 0 radical (unpaired) electrons. The fourth-order valence-electron chi connectivity index (χ4n) is 1.36. The third kappa shape index (κ3) is 3.12. The van der Waals surface area contributed by atoms with E-state index in [0.29, 0.717) is 0 Å². The Labute approximate surface area is 99.9 Å². The molecule has 0 spiro atoms. The number of nitrogens with zero attached hydrogens (tertiary/aromatic N) is 1.